The Morgan fingerprint density at radius 3 is 2.33 bits per heavy atom. The highest BCUT2D eigenvalue weighted by Crippen LogP contribution is 2.29. The molecule has 4 nitrogen and oxygen atoms in total. The third-order valence-electron chi connectivity index (χ3n) is 5.46. The van der Waals surface area contributed by atoms with E-state index in [1.807, 2.05) is 23.1 Å². The molecule has 0 saturated carbocycles. The van der Waals surface area contributed by atoms with Crippen molar-refractivity contribution in [3.63, 3.8) is 0 Å². The standard InChI is InChI=1S/C20H28N2O2/c1-13-7-14(2)11-21(10-13)20(24)17-9-19(23)22(12-17)18-6-5-15(3)16(4)8-18/h5-6,8,13-14,17H,7,9-12H2,1-4H3/t13-,14-,17-/m0/s1. The largest absolute Gasteiger partial charge is 0.342 e. The summed E-state index contributed by atoms with van der Waals surface area (Å²) in [5.41, 5.74) is 3.31. The summed E-state index contributed by atoms with van der Waals surface area (Å²) in [6, 6.07) is 6.07. The SMILES string of the molecule is Cc1ccc(N2C[C@@H](C(=O)N3C[C@@H](C)C[C@H](C)C3)CC2=O)cc1C. The summed E-state index contributed by atoms with van der Waals surface area (Å²) in [6.45, 7) is 10.7. The van der Waals surface area contributed by atoms with Crippen LogP contribution in [0.5, 0.6) is 0 Å². The summed E-state index contributed by atoms with van der Waals surface area (Å²) < 4.78 is 0. The van der Waals surface area contributed by atoms with Gasteiger partial charge < -0.3 is 9.80 Å². The van der Waals surface area contributed by atoms with Crippen LogP contribution in [-0.2, 0) is 9.59 Å². The molecule has 2 saturated heterocycles. The number of carbonyl (C=O) groups is 2. The number of nitrogens with zero attached hydrogens (tertiary/aromatic N) is 2. The van der Waals surface area contributed by atoms with Gasteiger partial charge in [-0.2, -0.15) is 0 Å². The molecule has 0 bridgehead atoms. The number of benzene rings is 1. The molecule has 24 heavy (non-hydrogen) atoms. The van der Waals surface area contributed by atoms with Crippen LogP contribution in [0.2, 0.25) is 0 Å². The molecule has 2 fully saturated rings. The highest BCUT2D eigenvalue weighted by molar-refractivity contribution is 6.00. The van der Waals surface area contributed by atoms with E-state index in [9.17, 15) is 9.59 Å². The molecule has 2 amide bonds. The molecule has 0 N–H and O–H groups in total. The Labute approximate surface area is 144 Å². The molecule has 0 unspecified atom stereocenters. The third kappa shape index (κ3) is 3.33. The molecule has 2 aliphatic heterocycles. The molecule has 1 aromatic rings. The first-order chi connectivity index (χ1) is 11.3. The highest BCUT2D eigenvalue weighted by atomic mass is 16.2. The van der Waals surface area contributed by atoms with Gasteiger partial charge in [0.15, 0.2) is 0 Å². The van der Waals surface area contributed by atoms with E-state index < -0.39 is 0 Å². The maximum Gasteiger partial charge on any atom is 0.228 e. The zero-order valence-electron chi connectivity index (χ0n) is 15.2. The first kappa shape index (κ1) is 17.0. The molecule has 4 heteroatoms. The van der Waals surface area contributed by atoms with Gasteiger partial charge in [0.2, 0.25) is 11.8 Å². The normalized spacial score (nSPS) is 27.7. The average Bonchev–Trinajstić information content (AvgIpc) is 2.90. The average molecular weight is 328 g/mol. The van der Waals surface area contributed by atoms with Crippen LogP contribution in [0.1, 0.15) is 37.8 Å². The fraction of sp³-hybridized carbons (Fsp3) is 0.600. The van der Waals surface area contributed by atoms with E-state index in [4.69, 9.17) is 0 Å². The van der Waals surface area contributed by atoms with Gasteiger partial charge in [-0.15, -0.1) is 0 Å². The first-order valence-corrected chi connectivity index (χ1v) is 9.01. The van der Waals surface area contributed by atoms with E-state index in [1.54, 1.807) is 4.90 Å². The molecule has 2 aliphatic rings. The zero-order valence-corrected chi connectivity index (χ0v) is 15.2. The van der Waals surface area contributed by atoms with Gasteiger partial charge in [0.05, 0.1) is 5.92 Å². The zero-order chi connectivity index (χ0) is 17.4. The van der Waals surface area contributed by atoms with Crippen LogP contribution in [0, 0.1) is 31.6 Å². The molecule has 2 heterocycles. The van der Waals surface area contributed by atoms with Crippen LogP contribution in [0.25, 0.3) is 0 Å². The van der Waals surface area contributed by atoms with Crippen molar-refractivity contribution < 1.29 is 9.59 Å². The van der Waals surface area contributed by atoms with E-state index in [2.05, 4.69) is 27.7 Å². The fourth-order valence-corrected chi connectivity index (χ4v) is 4.12. The Balaban J connectivity index is 1.72. The fourth-order valence-electron chi connectivity index (χ4n) is 4.12. The van der Waals surface area contributed by atoms with E-state index in [0.29, 0.717) is 24.8 Å². The maximum absolute atomic E-state index is 12.9. The van der Waals surface area contributed by atoms with Gasteiger partial charge in [-0.05, 0) is 55.4 Å². The van der Waals surface area contributed by atoms with Crippen molar-refractivity contribution in [2.24, 2.45) is 17.8 Å². The second-order valence-corrected chi connectivity index (χ2v) is 7.86. The Kier molecular flexibility index (Phi) is 4.66. The van der Waals surface area contributed by atoms with Gasteiger partial charge in [-0.1, -0.05) is 19.9 Å². The van der Waals surface area contributed by atoms with Crippen LogP contribution in [0.15, 0.2) is 18.2 Å². The molecule has 0 aliphatic carbocycles. The monoisotopic (exact) mass is 328 g/mol. The lowest BCUT2D eigenvalue weighted by molar-refractivity contribution is -0.138. The minimum atomic E-state index is -0.198. The van der Waals surface area contributed by atoms with Crippen LogP contribution in [-0.4, -0.2) is 36.3 Å². The van der Waals surface area contributed by atoms with Gasteiger partial charge in [-0.3, -0.25) is 9.59 Å². The Morgan fingerprint density at radius 1 is 1.04 bits per heavy atom. The summed E-state index contributed by atoms with van der Waals surface area (Å²) in [4.78, 5) is 29.1. The minimum Gasteiger partial charge on any atom is -0.342 e. The number of anilines is 1. The number of hydrogen-bond acceptors (Lipinski definition) is 2. The van der Waals surface area contributed by atoms with Crippen LogP contribution in [0.4, 0.5) is 5.69 Å². The lowest BCUT2D eigenvalue weighted by Gasteiger charge is -2.36. The van der Waals surface area contributed by atoms with Crippen molar-refractivity contribution in [2.45, 2.75) is 40.5 Å². The summed E-state index contributed by atoms with van der Waals surface area (Å²) in [7, 11) is 0. The summed E-state index contributed by atoms with van der Waals surface area (Å²) in [6.07, 6.45) is 1.52. The van der Waals surface area contributed by atoms with Crippen LogP contribution < -0.4 is 4.90 Å². The number of amides is 2. The number of likely N-dealkylation sites (tertiary alicyclic amines) is 1. The molecule has 3 atom stereocenters. The van der Waals surface area contributed by atoms with Gasteiger partial charge in [0.25, 0.3) is 0 Å². The van der Waals surface area contributed by atoms with Crippen LogP contribution >= 0.6 is 0 Å². The third-order valence-corrected chi connectivity index (χ3v) is 5.46. The van der Waals surface area contributed by atoms with E-state index in [0.717, 1.165) is 18.8 Å². The predicted octanol–water partition coefficient (Wildman–Crippen LogP) is 3.16. The summed E-state index contributed by atoms with van der Waals surface area (Å²) >= 11 is 0. The van der Waals surface area contributed by atoms with Gasteiger partial charge in [0.1, 0.15) is 0 Å². The number of carbonyl (C=O) groups excluding carboxylic acids is 2. The number of aryl methyl sites for hydroxylation is 2. The lowest BCUT2D eigenvalue weighted by Crippen LogP contribution is -2.45. The van der Waals surface area contributed by atoms with Gasteiger partial charge in [0, 0.05) is 31.7 Å². The molecule has 3 rings (SSSR count). The molecule has 1 aromatic carbocycles. The summed E-state index contributed by atoms with van der Waals surface area (Å²) in [5.74, 6) is 1.12. The van der Waals surface area contributed by atoms with Crippen molar-refractivity contribution in [1.29, 1.82) is 0 Å². The molecular weight excluding hydrogens is 300 g/mol. The van der Waals surface area contributed by atoms with E-state index in [1.165, 1.54) is 17.5 Å². The van der Waals surface area contributed by atoms with Crippen molar-refractivity contribution >= 4 is 17.5 Å². The Bertz CT molecular complexity index is 645. The first-order valence-electron chi connectivity index (χ1n) is 9.01. The number of rotatable bonds is 2. The van der Waals surface area contributed by atoms with Gasteiger partial charge in [-0.25, -0.2) is 0 Å². The number of hydrogen-bond donors (Lipinski definition) is 0. The maximum atomic E-state index is 12.9. The van der Waals surface area contributed by atoms with Crippen molar-refractivity contribution in [2.75, 3.05) is 24.5 Å². The quantitative estimate of drug-likeness (QED) is 0.837. The Morgan fingerprint density at radius 2 is 1.71 bits per heavy atom. The molecule has 130 valence electrons. The molecule has 0 aromatic heterocycles. The molecular formula is C20H28N2O2. The van der Waals surface area contributed by atoms with E-state index >= 15 is 0 Å². The summed E-state index contributed by atoms with van der Waals surface area (Å²) in [5, 5.41) is 0. The minimum absolute atomic E-state index is 0.0645. The van der Waals surface area contributed by atoms with Gasteiger partial charge >= 0.3 is 0 Å². The molecule has 0 spiro atoms. The van der Waals surface area contributed by atoms with Crippen molar-refractivity contribution in [3.05, 3.63) is 29.3 Å². The second-order valence-electron chi connectivity index (χ2n) is 7.86. The second kappa shape index (κ2) is 6.58. The number of piperidine rings is 1. The molecule has 0 radical (unpaired) electrons. The van der Waals surface area contributed by atoms with E-state index in [-0.39, 0.29) is 17.7 Å². The van der Waals surface area contributed by atoms with Crippen LogP contribution in [0.3, 0.4) is 0 Å². The van der Waals surface area contributed by atoms with Crippen molar-refractivity contribution in [3.8, 4) is 0 Å². The Hall–Kier alpha value is -1.84. The topological polar surface area (TPSA) is 40.6 Å². The highest BCUT2D eigenvalue weighted by Gasteiger charge is 2.38. The smallest absolute Gasteiger partial charge is 0.228 e. The predicted molar refractivity (Wildman–Crippen MR) is 95.9 cm³/mol. The lowest BCUT2D eigenvalue weighted by atomic mass is 9.91. The van der Waals surface area contributed by atoms with Crippen molar-refractivity contribution in [1.82, 2.24) is 4.90 Å².